The smallest absolute Gasteiger partial charge is 0.326 e. The molecule has 1 saturated heterocycles. The Labute approximate surface area is 228 Å². The highest BCUT2D eigenvalue weighted by atomic mass is 32.2. The number of rotatable bonds is 5. The van der Waals surface area contributed by atoms with E-state index in [2.05, 4.69) is 5.32 Å². The van der Waals surface area contributed by atoms with E-state index in [1.807, 2.05) is 55.5 Å². The number of nitrogens with zero attached hydrogens (tertiary/aromatic N) is 3. The van der Waals surface area contributed by atoms with E-state index in [1.165, 1.54) is 11.2 Å². The van der Waals surface area contributed by atoms with Crippen molar-refractivity contribution in [3.8, 4) is 5.75 Å². The number of sulfone groups is 1. The van der Waals surface area contributed by atoms with Crippen molar-refractivity contribution in [1.29, 1.82) is 0 Å². The van der Waals surface area contributed by atoms with Crippen molar-refractivity contribution in [2.45, 2.75) is 23.9 Å². The number of piperazine rings is 1. The second-order valence-corrected chi connectivity index (χ2v) is 11.8. The Kier molecular flexibility index (Phi) is 7.14. The number of urea groups is 1. The molecule has 10 heteroatoms. The highest BCUT2D eigenvalue weighted by Crippen LogP contribution is 2.44. The molecule has 2 aliphatic rings. The Balaban J connectivity index is 1.68. The van der Waals surface area contributed by atoms with Crippen LogP contribution in [0.4, 0.5) is 4.79 Å². The lowest BCUT2D eigenvalue weighted by Gasteiger charge is -2.35. The number of amidine groups is 1. The molecule has 0 spiro atoms. The number of hydrogen-bond donors (Lipinski definition) is 1. The number of benzene rings is 3. The normalized spacial score (nSPS) is 19.5. The minimum Gasteiger partial charge on any atom is -0.497 e. The molecular formula is C29H30N4O5S. The molecular weight excluding hydrogens is 516 g/mol. The van der Waals surface area contributed by atoms with Gasteiger partial charge in [0.05, 0.1) is 18.0 Å². The van der Waals surface area contributed by atoms with Gasteiger partial charge < -0.3 is 15.0 Å². The van der Waals surface area contributed by atoms with Gasteiger partial charge in [0.25, 0.3) is 0 Å². The van der Waals surface area contributed by atoms with Gasteiger partial charge in [-0.3, -0.25) is 14.7 Å². The van der Waals surface area contributed by atoms with Crippen molar-refractivity contribution in [2.24, 2.45) is 4.99 Å². The number of aryl methyl sites for hydroxylation is 1. The van der Waals surface area contributed by atoms with Crippen LogP contribution in [0, 0.1) is 6.92 Å². The first kappa shape index (κ1) is 26.4. The van der Waals surface area contributed by atoms with Gasteiger partial charge in [-0.1, -0.05) is 54.1 Å². The van der Waals surface area contributed by atoms with Gasteiger partial charge in [-0.15, -0.1) is 0 Å². The SMILES string of the molecule is COc1cccc(C2=NC(c3ccc(S(C)(=O)=O)cc3)C(c3cccc(C)c3)N2C(=O)N2CCNC(=O)C2)c1. The van der Waals surface area contributed by atoms with E-state index in [-0.39, 0.29) is 23.4 Å². The summed E-state index contributed by atoms with van der Waals surface area (Å²) in [4.78, 5) is 34.9. The lowest BCUT2D eigenvalue weighted by atomic mass is 9.93. The number of hydrogen-bond acceptors (Lipinski definition) is 6. The average molecular weight is 547 g/mol. The number of nitrogens with one attached hydrogen (secondary N) is 1. The first-order valence-electron chi connectivity index (χ1n) is 12.6. The Bertz CT molecular complexity index is 1550. The molecule has 3 aromatic rings. The van der Waals surface area contributed by atoms with E-state index in [0.717, 1.165) is 16.7 Å². The molecule has 0 saturated carbocycles. The molecule has 39 heavy (non-hydrogen) atoms. The molecule has 0 bridgehead atoms. The van der Waals surface area contributed by atoms with Crippen LogP contribution in [0.1, 0.15) is 34.3 Å². The quantitative estimate of drug-likeness (QED) is 0.527. The third-order valence-corrected chi connectivity index (χ3v) is 8.07. The Hall–Kier alpha value is -4.18. The number of methoxy groups -OCH3 is 1. The van der Waals surface area contributed by atoms with Gasteiger partial charge in [-0.05, 0) is 42.3 Å². The second kappa shape index (κ2) is 10.5. The van der Waals surface area contributed by atoms with Crippen LogP contribution in [0.3, 0.4) is 0 Å². The van der Waals surface area contributed by atoms with Gasteiger partial charge in [0.2, 0.25) is 5.91 Å². The summed E-state index contributed by atoms with van der Waals surface area (Å²) in [6, 6.07) is 20.5. The molecule has 2 atom stereocenters. The molecule has 1 fully saturated rings. The van der Waals surface area contributed by atoms with Crippen molar-refractivity contribution < 1.29 is 22.7 Å². The topological polar surface area (TPSA) is 108 Å². The summed E-state index contributed by atoms with van der Waals surface area (Å²) in [7, 11) is -1.80. The lowest BCUT2D eigenvalue weighted by Crippen LogP contribution is -2.55. The summed E-state index contributed by atoms with van der Waals surface area (Å²) in [5.41, 5.74) is 3.36. The maximum absolute atomic E-state index is 14.2. The standard InChI is InChI=1S/C29H30N4O5S/c1-19-6-4-7-21(16-19)27-26(20-10-12-24(13-11-20)39(3,36)37)31-28(22-8-5-9-23(17-22)38-2)33(27)29(35)32-15-14-30-25(34)18-32/h4-13,16-17,26-27H,14-15,18H2,1-3H3,(H,30,34). The van der Waals surface area contributed by atoms with Gasteiger partial charge in [0.15, 0.2) is 9.84 Å². The van der Waals surface area contributed by atoms with Crippen molar-refractivity contribution in [3.63, 3.8) is 0 Å². The van der Waals surface area contributed by atoms with Crippen LogP contribution < -0.4 is 10.1 Å². The number of carbonyl (C=O) groups is 2. The molecule has 2 heterocycles. The number of aliphatic imine (C=N–C) groups is 1. The summed E-state index contributed by atoms with van der Waals surface area (Å²) in [6.07, 6.45) is 1.17. The van der Waals surface area contributed by atoms with E-state index < -0.39 is 21.9 Å². The summed E-state index contributed by atoms with van der Waals surface area (Å²) in [5.74, 6) is 0.857. The van der Waals surface area contributed by atoms with Crippen molar-refractivity contribution >= 4 is 27.6 Å². The van der Waals surface area contributed by atoms with Crippen LogP contribution in [0.2, 0.25) is 0 Å². The average Bonchev–Trinajstić information content (AvgIpc) is 3.33. The molecule has 3 aromatic carbocycles. The minimum atomic E-state index is -3.38. The fraction of sp³-hybridized carbons (Fsp3) is 0.276. The number of ether oxygens (including phenoxy) is 1. The zero-order valence-electron chi connectivity index (χ0n) is 22.0. The summed E-state index contributed by atoms with van der Waals surface area (Å²) in [6.45, 7) is 2.69. The molecule has 0 radical (unpaired) electrons. The fourth-order valence-electron chi connectivity index (χ4n) is 5.03. The Morgan fingerprint density at radius 2 is 1.77 bits per heavy atom. The maximum Gasteiger partial charge on any atom is 0.326 e. The zero-order valence-corrected chi connectivity index (χ0v) is 22.8. The maximum atomic E-state index is 14.2. The van der Waals surface area contributed by atoms with Gasteiger partial charge in [-0.25, -0.2) is 13.2 Å². The molecule has 2 unspecified atom stereocenters. The van der Waals surface area contributed by atoms with Gasteiger partial charge in [0.1, 0.15) is 24.2 Å². The first-order chi connectivity index (χ1) is 18.7. The third kappa shape index (κ3) is 5.37. The predicted molar refractivity (Wildman–Crippen MR) is 148 cm³/mol. The molecule has 3 amide bonds. The first-order valence-corrected chi connectivity index (χ1v) is 14.5. The van der Waals surface area contributed by atoms with Gasteiger partial charge >= 0.3 is 6.03 Å². The molecule has 0 aliphatic carbocycles. The van der Waals surface area contributed by atoms with Crippen LogP contribution in [-0.2, 0) is 14.6 Å². The van der Waals surface area contributed by atoms with Gasteiger partial charge in [0, 0.05) is 24.9 Å². The Morgan fingerprint density at radius 3 is 2.44 bits per heavy atom. The van der Waals surface area contributed by atoms with Crippen molar-refractivity contribution in [3.05, 3.63) is 95.1 Å². The zero-order chi connectivity index (χ0) is 27.7. The van der Waals surface area contributed by atoms with Crippen LogP contribution in [0.25, 0.3) is 0 Å². The largest absolute Gasteiger partial charge is 0.497 e. The van der Waals surface area contributed by atoms with Crippen molar-refractivity contribution in [1.82, 2.24) is 15.1 Å². The lowest BCUT2D eigenvalue weighted by molar-refractivity contribution is -0.123. The van der Waals surface area contributed by atoms with E-state index in [1.54, 1.807) is 36.3 Å². The van der Waals surface area contributed by atoms with E-state index in [0.29, 0.717) is 30.2 Å². The molecule has 202 valence electrons. The summed E-state index contributed by atoms with van der Waals surface area (Å²) < 4.78 is 29.6. The minimum absolute atomic E-state index is 0.0466. The fourth-order valence-corrected chi connectivity index (χ4v) is 5.66. The summed E-state index contributed by atoms with van der Waals surface area (Å²) >= 11 is 0. The predicted octanol–water partition coefficient (Wildman–Crippen LogP) is 3.50. The van der Waals surface area contributed by atoms with Crippen LogP contribution in [0.5, 0.6) is 5.75 Å². The molecule has 0 aromatic heterocycles. The molecule has 1 N–H and O–H groups in total. The number of amides is 3. The van der Waals surface area contributed by atoms with E-state index in [4.69, 9.17) is 9.73 Å². The van der Waals surface area contributed by atoms with E-state index >= 15 is 0 Å². The van der Waals surface area contributed by atoms with Crippen LogP contribution in [-0.4, -0.2) is 69.0 Å². The van der Waals surface area contributed by atoms with Crippen LogP contribution >= 0.6 is 0 Å². The highest BCUT2D eigenvalue weighted by Gasteiger charge is 2.44. The second-order valence-electron chi connectivity index (χ2n) is 9.75. The highest BCUT2D eigenvalue weighted by molar-refractivity contribution is 7.90. The van der Waals surface area contributed by atoms with Crippen LogP contribution in [0.15, 0.2) is 82.7 Å². The molecule has 9 nitrogen and oxygen atoms in total. The van der Waals surface area contributed by atoms with Gasteiger partial charge in [-0.2, -0.15) is 0 Å². The number of carbonyl (C=O) groups excluding carboxylic acids is 2. The molecule has 5 rings (SSSR count). The van der Waals surface area contributed by atoms with E-state index in [9.17, 15) is 18.0 Å². The summed E-state index contributed by atoms with van der Waals surface area (Å²) in [5, 5.41) is 2.77. The Morgan fingerprint density at radius 1 is 1.03 bits per heavy atom. The third-order valence-electron chi connectivity index (χ3n) is 6.94. The monoisotopic (exact) mass is 546 g/mol. The van der Waals surface area contributed by atoms with Crippen molar-refractivity contribution in [2.75, 3.05) is 33.0 Å². The molecule has 2 aliphatic heterocycles.